The van der Waals surface area contributed by atoms with Crippen LogP contribution in [0.3, 0.4) is 0 Å². The van der Waals surface area contributed by atoms with E-state index in [1.165, 1.54) is 11.2 Å². The van der Waals surface area contributed by atoms with Gasteiger partial charge >= 0.3 is 0 Å². The van der Waals surface area contributed by atoms with Crippen molar-refractivity contribution >= 4 is 5.71 Å². The van der Waals surface area contributed by atoms with E-state index in [1.807, 2.05) is 6.07 Å². The van der Waals surface area contributed by atoms with Crippen LogP contribution in [0.4, 0.5) is 0 Å². The van der Waals surface area contributed by atoms with Crippen molar-refractivity contribution in [3.63, 3.8) is 0 Å². The van der Waals surface area contributed by atoms with Crippen molar-refractivity contribution in [3.05, 3.63) is 12.8 Å². The van der Waals surface area contributed by atoms with Crippen LogP contribution in [-0.2, 0) is 0 Å². The van der Waals surface area contributed by atoms with Crippen molar-refractivity contribution in [1.82, 2.24) is 5.01 Å². The molecule has 0 spiro atoms. The minimum Gasteiger partial charge on any atom is -0.276 e. The summed E-state index contributed by atoms with van der Waals surface area (Å²) in [6, 6.07) is 1.89. The van der Waals surface area contributed by atoms with Gasteiger partial charge in [0, 0.05) is 13.2 Å². The number of nitriles is 1. The average Bonchev–Trinajstić information content (AvgIpc) is 1.87. The molecule has 0 atom stereocenters. The molecule has 0 N–H and O–H groups in total. The van der Waals surface area contributed by atoms with Gasteiger partial charge in [-0.25, -0.2) is 0 Å². The second kappa shape index (κ2) is 3.67. The van der Waals surface area contributed by atoms with Crippen LogP contribution in [0.1, 0.15) is 6.92 Å². The highest BCUT2D eigenvalue weighted by molar-refractivity contribution is 5.96. The predicted molar refractivity (Wildman–Crippen MR) is 36.7 cm³/mol. The maximum atomic E-state index is 8.24. The number of hydrazone groups is 1. The molecule has 0 amide bonds. The number of nitrogens with zero attached hydrogens (tertiary/aromatic N) is 3. The lowest BCUT2D eigenvalue weighted by Gasteiger charge is -2.02. The molecule has 0 aromatic rings. The van der Waals surface area contributed by atoms with Crippen LogP contribution < -0.4 is 0 Å². The van der Waals surface area contributed by atoms with E-state index in [1.54, 1.807) is 14.0 Å². The fourth-order valence-corrected chi connectivity index (χ4v) is 0.300. The second-order valence-electron chi connectivity index (χ2n) is 1.55. The van der Waals surface area contributed by atoms with E-state index in [0.717, 1.165) is 0 Å². The summed E-state index contributed by atoms with van der Waals surface area (Å²) in [5.41, 5.74) is 0.428. The summed E-state index contributed by atoms with van der Waals surface area (Å²) in [6.45, 7) is 5.10. The molecular formula is C6H9N3. The standard InChI is InChI=1S/C6H9N3/c1-4-9(3)8-6(2)5-7/h4H,1H2,2-3H3/b8-6+. The highest BCUT2D eigenvalue weighted by Gasteiger charge is 1.85. The molecule has 3 heteroatoms. The summed E-state index contributed by atoms with van der Waals surface area (Å²) in [4.78, 5) is 0. The molecule has 0 bridgehead atoms. The molecule has 0 saturated carbocycles. The van der Waals surface area contributed by atoms with Crippen molar-refractivity contribution in [2.24, 2.45) is 5.10 Å². The third kappa shape index (κ3) is 3.30. The van der Waals surface area contributed by atoms with Crippen molar-refractivity contribution in [3.8, 4) is 6.07 Å². The molecular weight excluding hydrogens is 114 g/mol. The third-order valence-corrected chi connectivity index (χ3v) is 0.734. The first kappa shape index (κ1) is 7.70. The zero-order valence-corrected chi connectivity index (χ0v) is 5.63. The molecule has 48 valence electrons. The lowest BCUT2D eigenvalue weighted by atomic mass is 10.5. The first-order valence-electron chi connectivity index (χ1n) is 2.51. The zero-order chi connectivity index (χ0) is 7.28. The van der Waals surface area contributed by atoms with Crippen LogP contribution in [0.15, 0.2) is 17.9 Å². The minimum atomic E-state index is 0.428. The van der Waals surface area contributed by atoms with Crippen LogP contribution in [0.5, 0.6) is 0 Å². The largest absolute Gasteiger partial charge is 0.276 e. The topological polar surface area (TPSA) is 39.4 Å². The van der Waals surface area contributed by atoms with Gasteiger partial charge in [0.1, 0.15) is 11.8 Å². The van der Waals surface area contributed by atoms with Gasteiger partial charge in [-0.15, -0.1) is 0 Å². The second-order valence-corrected chi connectivity index (χ2v) is 1.55. The first-order chi connectivity index (χ1) is 4.20. The Balaban J connectivity index is 3.98. The summed E-state index contributed by atoms with van der Waals surface area (Å²) in [5, 5.41) is 13.5. The monoisotopic (exact) mass is 123 g/mol. The van der Waals surface area contributed by atoms with E-state index in [9.17, 15) is 0 Å². The van der Waals surface area contributed by atoms with Crippen molar-refractivity contribution in [2.75, 3.05) is 7.05 Å². The molecule has 0 aromatic heterocycles. The molecule has 0 fully saturated rings. The first-order valence-corrected chi connectivity index (χ1v) is 2.51. The van der Waals surface area contributed by atoms with Crippen LogP contribution in [-0.4, -0.2) is 17.8 Å². The molecule has 0 aromatic carbocycles. The van der Waals surface area contributed by atoms with Gasteiger partial charge in [-0.05, 0) is 6.92 Å². The van der Waals surface area contributed by atoms with Gasteiger partial charge in [0.25, 0.3) is 0 Å². The molecule has 0 unspecified atom stereocenters. The predicted octanol–water partition coefficient (Wildman–Crippen LogP) is 0.961. The van der Waals surface area contributed by atoms with Gasteiger partial charge in [-0.3, -0.25) is 5.01 Å². The fraction of sp³-hybridized carbons (Fsp3) is 0.333. The Morgan fingerprint density at radius 2 is 2.44 bits per heavy atom. The van der Waals surface area contributed by atoms with E-state index in [4.69, 9.17) is 5.26 Å². The molecule has 3 nitrogen and oxygen atoms in total. The highest BCUT2D eigenvalue weighted by Crippen LogP contribution is 1.83. The Morgan fingerprint density at radius 3 is 2.78 bits per heavy atom. The number of hydrogen-bond acceptors (Lipinski definition) is 3. The number of rotatable bonds is 2. The van der Waals surface area contributed by atoms with E-state index in [2.05, 4.69) is 11.7 Å². The van der Waals surface area contributed by atoms with Gasteiger partial charge < -0.3 is 0 Å². The zero-order valence-electron chi connectivity index (χ0n) is 5.63. The molecule has 0 aliphatic carbocycles. The van der Waals surface area contributed by atoms with Gasteiger partial charge in [-0.2, -0.15) is 10.4 Å². The summed E-state index contributed by atoms with van der Waals surface area (Å²) in [6.07, 6.45) is 1.53. The van der Waals surface area contributed by atoms with Crippen LogP contribution in [0.25, 0.3) is 0 Å². The van der Waals surface area contributed by atoms with Gasteiger partial charge in [-0.1, -0.05) is 6.58 Å². The summed E-state index contributed by atoms with van der Waals surface area (Å²) in [7, 11) is 1.72. The average molecular weight is 123 g/mol. The lowest BCUT2D eigenvalue weighted by molar-refractivity contribution is 0.492. The summed E-state index contributed by atoms with van der Waals surface area (Å²) < 4.78 is 0. The molecule has 0 aliphatic heterocycles. The Morgan fingerprint density at radius 1 is 1.89 bits per heavy atom. The smallest absolute Gasteiger partial charge is 0.135 e. The third-order valence-electron chi connectivity index (χ3n) is 0.734. The van der Waals surface area contributed by atoms with Crippen LogP contribution in [0, 0.1) is 11.3 Å². The molecule has 0 saturated heterocycles. The van der Waals surface area contributed by atoms with Gasteiger partial charge in [0.05, 0.1) is 0 Å². The van der Waals surface area contributed by atoms with E-state index in [-0.39, 0.29) is 0 Å². The highest BCUT2D eigenvalue weighted by atomic mass is 15.4. The molecule has 9 heavy (non-hydrogen) atoms. The maximum absolute atomic E-state index is 8.24. The quantitative estimate of drug-likeness (QED) is 0.405. The van der Waals surface area contributed by atoms with Crippen molar-refractivity contribution < 1.29 is 0 Å². The Labute approximate surface area is 54.9 Å². The summed E-state index contributed by atoms with van der Waals surface area (Å²) in [5.74, 6) is 0. The van der Waals surface area contributed by atoms with Crippen LogP contribution >= 0.6 is 0 Å². The van der Waals surface area contributed by atoms with Crippen molar-refractivity contribution in [1.29, 1.82) is 5.26 Å². The molecule has 0 heterocycles. The lowest BCUT2D eigenvalue weighted by Crippen LogP contribution is -2.03. The van der Waals surface area contributed by atoms with Crippen LogP contribution in [0.2, 0.25) is 0 Å². The maximum Gasteiger partial charge on any atom is 0.135 e. The molecule has 0 rings (SSSR count). The Bertz CT molecular complexity index is 164. The number of hydrogen-bond donors (Lipinski definition) is 0. The van der Waals surface area contributed by atoms with E-state index < -0.39 is 0 Å². The normalized spacial score (nSPS) is 10.1. The molecule has 0 aliphatic rings. The van der Waals surface area contributed by atoms with E-state index >= 15 is 0 Å². The summed E-state index contributed by atoms with van der Waals surface area (Å²) >= 11 is 0. The fourth-order valence-electron chi connectivity index (χ4n) is 0.300. The van der Waals surface area contributed by atoms with Gasteiger partial charge in [0.2, 0.25) is 0 Å². The van der Waals surface area contributed by atoms with E-state index in [0.29, 0.717) is 5.71 Å². The minimum absolute atomic E-state index is 0.428. The Kier molecular flexibility index (Phi) is 3.14. The Hall–Kier alpha value is -1.30. The van der Waals surface area contributed by atoms with Gasteiger partial charge in [0.15, 0.2) is 0 Å². The SMILES string of the molecule is C=CN(C)/N=C(\C)C#N. The van der Waals surface area contributed by atoms with Crippen molar-refractivity contribution in [2.45, 2.75) is 6.92 Å². The molecule has 0 radical (unpaired) electrons.